The molecule has 0 amide bonds. The molecule has 4 atom stereocenters. The second-order valence-electron chi connectivity index (χ2n) is 9.72. The average Bonchev–Trinajstić information content (AvgIpc) is 3.60. The SMILES string of the molecule is CSC(=S)O[C@H]1[C@@H](F)[C@H](n2cnc3c(N)ncnc32)O[C@@H]1COC(c1ccccc1)(c1ccccc1)c1ccccc1. The van der Waals surface area contributed by atoms with Crippen molar-refractivity contribution >= 4 is 45.3 Å². The van der Waals surface area contributed by atoms with Gasteiger partial charge in [0.2, 0.25) is 4.38 Å². The van der Waals surface area contributed by atoms with Crippen LogP contribution in [0.2, 0.25) is 0 Å². The van der Waals surface area contributed by atoms with Crippen LogP contribution in [0, 0.1) is 0 Å². The van der Waals surface area contributed by atoms with Crippen LogP contribution < -0.4 is 5.73 Å². The molecule has 0 bridgehead atoms. The Morgan fingerprint density at radius 2 is 1.52 bits per heavy atom. The van der Waals surface area contributed by atoms with Crippen molar-refractivity contribution in [2.45, 2.75) is 30.2 Å². The average molecular weight is 602 g/mol. The summed E-state index contributed by atoms with van der Waals surface area (Å²) in [5.41, 5.74) is 8.42. The van der Waals surface area contributed by atoms with Crippen LogP contribution in [-0.2, 0) is 19.8 Å². The Hall–Kier alpha value is -3.90. The Balaban J connectivity index is 1.40. The lowest BCUT2D eigenvalue weighted by Gasteiger charge is -2.37. The van der Waals surface area contributed by atoms with Gasteiger partial charge in [0.15, 0.2) is 30.0 Å². The largest absolute Gasteiger partial charge is 0.469 e. The van der Waals surface area contributed by atoms with E-state index in [2.05, 4.69) is 15.0 Å². The number of rotatable bonds is 8. The van der Waals surface area contributed by atoms with Gasteiger partial charge >= 0.3 is 0 Å². The van der Waals surface area contributed by atoms with Gasteiger partial charge in [-0.3, -0.25) is 4.57 Å². The zero-order valence-electron chi connectivity index (χ0n) is 22.6. The summed E-state index contributed by atoms with van der Waals surface area (Å²) in [7, 11) is 0. The lowest BCUT2D eigenvalue weighted by Crippen LogP contribution is -2.40. The van der Waals surface area contributed by atoms with Gasteiger partial charge in [-0.1, -0.05) is 103 Å². The summed E-state index contributed by atoms with van der Waals surface area (Å²) in [5, 5.41) is 0. The predicted octanol–water partition coefficient (Wildman–Crippen LogP) is 5.69. The molecule has 3 aromatic carbocycles. The van der Waals surface area contributed by atoms with Crippen molar-refractivity contribution in [3.8, 4) is 0 Å². The van der Waals surface area contributed by atoms with E-state index in [0.29, 0.717) is 11.2 Å². The van der Waals surface area contributed by atoms with Crippen LogP contribution >= 0.6 is 24.0 Å². The second-order valence-corrected chi connectivity index (χ2v) is 11.1. The number of benzene rings is 3. The highest BCUT2D eigenvalue weighted by molar-refractivity contribution is 8.22. The van der Waals surface area contributed by atoms with E-state index in [1.807, 2.05) is 91.0 Å². The van der Waals surface area contributed by atoms with Gasteiger partial charge in [-0.2, -0.15) is 0 Å². The van der Waals surface area contributed by atoms with Gasteiger partial charge in [0.1, 0.15) is 23.5 Å². The molecule has 0 aliphatic carbocycles. The molecule has 8 nitrogen and oxygen atoms in total. The van der Waals surface area contributed by atoms with Crippen molar-refractivity contribution in [2.24, 2.45) is 0 Å². The third-order valence-corrected chi connectivity index (χ3v) is 8.36. The number of nitrogens with two attached hydrogens (primary N) is 1. The standard InChI is InChI=1S/C31H28FN5O3S2/c1-42-30(41)40-26-23(39-29(24(26)32)37-19-36-25-27(33)34-18-35-28(25)37)17-38-31(20-11-5-2-6-12-20,21-13-7-3-8-14-21)22-15-9-4-10-16-22/h2-16,18-19,23-24,26,29H,17H2,1H3,(H2,33,34,35)/t23-,24-,26-,29-/m1/s1. The Labute approximate surface area is 252 Å². The Kier molecular flexibility index (Phi) is 8.16. The molecular formula is C31H28FN5O3S2. The second kappa shape index (κ2) is 12.1. The molecule has 3 heterocycles. The van der Waals surface area contributed by atoms with Crippen molar-refractivity contribution < 1.29 is 18.6 Å². The normalized spacial score (nSPS) is 20.5. The van der Waals surface area contributed by atoms with Gasteiger partial charge in [-0.05, 0) is 35.2 Å². The molecule has 0 saturated carbocycles. The summed E-state index contributed by atoms with van der Waals surface area (Å²) in [6.07, 6.45) is -0.0631. The first kappa shape index (κ1) is 28.2. The number of hydrogen-bond donors (Lipinski definition) is 1. The fraction of sp³-hybridized carbons (Fsp3) is 0.226. The Morgan fingerprint density at radius 3 is 2.07 bits per heavy atom. The third-order valence-electron chi connectivity index (χ3n) is 7.33. The van der Waals surface area contributed by atoms with E-state index in [1.54, 1.807) is 6.26 Å². The molecule has 2 aromatic heterocycles. The Bertz CT molecular complexity index is 1560. The quantitative estimate of drug-likeness (QED) is 0.178. The zero-order valence-corrected chi connectivity index (χ0v) is 24.2. The number of anilines is 1. The summed E-state index contributed by atoms with van der Waals surface area (Å²) >= 11 is 6.56. The summed E-state index contributed by atoms with van der Waals surface area (Å²) in [4.78, 5) is 12.5. The molecule has 0 radical (unpaired) electrons. The number of nitrogens with zero attached hydrogens (tertiary/aromatic N) is 4. The number of alkyl halides is 1. The third kappa shape index (κ3) is 5.13. The maximum atomic E-state index is 16.3. The molecule has 5 aromatic rings. The number of thiocarbonyl (C=S) groups is 1. The smallest absolute Gasteiger partial charge is 0.220 e. The van der Waals surface area contributed by atoms with Crippen LogP contribution in [0.5, 0.6) is 0 Å². The minimum Gasteiger partial charge on any atom is -0.469 e. The summed E-state index contributed by atoms with van der Waals surface area (Å²) in [5.74, 6) is 0.196. The van der Waals surface area contributed by atoms with E-state index in [9.17, 15) is 0 Å². The molecular weight excluding hydrogens is 574 g/mol. The van der Waals surface area contributed by atoms with Crippen LogP contribution in [0.3, 0.4) is 0 Å². The highest BCUT2D eigenvalue weighted by Crippen LogP contribution is 2.43. The lowest BCUT2D eigenvalue weighted by atomic mass is 9.80. The van der Waals surface area contributed by atoms with Crippen molar-refractivity contribution in [3.05, 3.63) is 120 Å². The number of imidazole rings is 1. The minimum absolute atomic E-state index is 0.0129. The van der Waals surface area contributed by atoms with Crippen LogP contribution in [0.15, 0.2) is 104 Å². The van der Waals surface area contributed by atoms with E-state index >= 15 is 4.39 Å². The molecule has 1 aliphatic rings. The van der Waals surface area contributed by atoms with Gasteiger partial charge in [0, 0.05) is 0 Å². The minimum atomic E-state index is -1.61. The number of ether oxygens (including phenoxy) is 3. The number of halogens is 1. The summed E-state index contributed by atoms with van der Waals surface area (Å²) in [6, 6.07) is 29.8. The molecule has 1 aliphatic heterocycles. The maximum Gasteiger partial charge on any atom is 0.220 e. The molecule has 0 spiro atoms. The Morgan fingerprint density at radius 1 is 0.952 bits per heavy atom. The number of nitrogen functional groups attached to an aromatic ring is 1. The molecule has 6 rings (SSSR count). The van der Waals surface area contributed by atoms with Crippen LogP contribution in [0.1, 0.15) is 22.9 Å². The fourth-order valence-corrected chi connectivity index (χ4v) is 5.70. The van der Waals surface area contributed by atoms with Crippen LogP contribution in [-0.4, -0.2) is 55.1 Å². The monoisotopic (exact) mass is 601 g/mol. The summed E-state index contributed by atoms with van der Waals surface area (Å²) < 4.78 is 37.3. The first-order valence-electron chi connectivity index (χ1n) is 13.3. The van der Waals surface area contributed by atoms with Gasteiger partial charge in [-0.25, -0.2) is 19.3 Å². The van der Waals surface area contributed by atoms with E-state index in [-0.39, 0.29) is 16.8 Å². The number of aromatic nitrogens is 4. The van der Waals surface area contributed by atoms with Crippen molar-refractivity contribution in [1.29, 1.82) is 0 Å². The van der Waals surface area contributed by atoms with Crippen LogP contribution in [0.25, 0.3) is 11.2 Å². The topological polar surface area (TPSA) is 97.3 Å². The van der Waals surface area contributed by atoms with E-state index in [4.69, 9.17) is 32.2 Å². The molecule has 1 saturated heterocycles. The van der Waals surface area contributed by atoms with Gasteiger partial charge < -0.3 is 19.9 Å². The van der Waals surface area contributed by atoms with E-state index < -0.39 is 30.2 Å². The molecule has 0 unspecified atom stereocenters. The van der Waals surface area contributed by atoms with Crippen molar-refractivity contribution in [1.82, 2.24) is 19.5 Å². The molecule has 214 valence electrons. The van der Waals surface area contributed by atoms with Gasteiger partial charge in [-0.15, -0.1) is 0 Å². The van der Waals surface area contributed by atoms with E-state index in [0.717, 1.165) is 16.7 Å². The molecule has 11 heteroatoms. The van der Waals surface area contributed by atoms with Crippen molar-refractivity contribution in [2.75, 3.05) is 18.6 Å². The molecule has 1 fully saturated rings. The predicted molar refractivity (Wildman–Crippen MR) is 165 cm³/mol. The zero-order chi connectivity index (χ0) is 29.1. The van der Waals surface area contributed by atoms with E-state index in [1.165, 1.54) is 29.0 Å². The molecule has 42 heavy (non-hydrogen) atoms. The number of fused-ring (bicyclic) bond motifs is 1. The highest BCUT2D eigenvalue weighted by atomic mass is 32.2. The number of thioether (sulfide) groups is 1. The molecule has 2 N–H and O–H groups in total. The van der Waals surface area contributed by atoms with Crippen LogP contribution in [0.4, 0.5) is 10.2 Å². The first-order chi connectivity index (χ1) is 20.5. The maximum absolute atomic E-state index is 16.3. The lowest BCUT2D eigenvalue weighted by molar-refractivity contribution is -0.0916. The highest BCUT2D eigenvalue weighted by Gasteiger charge is 2.50. The number of hydrogen-bond acceptors (Lipinski definition) is 9. The van der Waals surface area contributed by atoms with Crippen molar-refractivity contribution in [3.63, 3.8) is 0 Å². The fourth-order valence-electron chi connectivity index (χ4n) is 5.38. The first-order valence-corrected chi connectivity index (χ1v) is 14.9. The van der Waals surface area contributed by atoms with Gasteiger partial charge in [0.05, 0.1) is 12.9 Å². The van der Waals surface area contributed by atoms with Gasteiger partial charge in [0.25, 0.3) is 0 Å². The summed E-state index contributed by atoms with van der Waals surface area (Å²) in [6.45, 7) is -0.0129.